The lowest BCUT2D eigenvalue weighted by molar-refractivity contribution is -0.123. The Labute approximate surface area is 122 Å². The van der Waals surface area contributed by atoms with Crippen molar-refractivity contribution in [2.75, 3.05) is 13.1 Å². The van der Waals surface area contributed by atoms with Crippen LogP contribution in [0.2, 0.25) is 0 Å². The van der Waals surface area contributed by atoms with Gasteiger partial charge in [-0.15, -0.1) is 11.3 Å². The highest BCUT2D eigenvalue weighted by atomic mass is 32.1. The predicted octanol–water partition coefficient (Wildman–Crippen LogP) is 2.35. The smallest absolute Gasteiger partial charge is 0.234 e. The van der Waals surface area contributed by atoms with E-state index in [-0.39, 0.29) is 11.9 Å². The summed E-state index contributed by atoms with van der Waals surface area (Å²) in [5.41, 5.74) is 6.47. The summed E-state index contributed by atoms with van der Waals surface area (Å²) in [6, 6.07) is 8.12. The molecule has 1 fully saturated rings. The van der Waals surface area contributed by atoms with Crippen LogP contribution in [0.25, 0.3) is 10.2 Å². The van der Waals surface area contributed by atoms with Gasteiger partial charge in [0.25, 0.3) is 0 Å². The topological polar surface area (TPSA) is 59.2 Å². The predicted molar refractivity (Wildman–Crippen MR) is 81.8 cm³/mol. The molecule has 1 aromatic heterocycles. The van der Waals surface area contributed by atoms with Crippen LogP contribution in [0.4, 0.5) is 0 Å². The molecule has 2 heterocycles. The number of benzene rings is 1. The number of thiazole rings is 1. The fourth-order valence-electron chi connectivity index (χ4n) is 2.78. The van der Waals surface area contributed by atoms with Crippen LogP contribution in [-0.2, 0) is 4.79 Å². The van der Waals surface area contributed by atoms with Gasteiger partial charge in [-0.2, -0.15) is 0 Å². The van der Waals surface area contributed by atoms with Crippen LogP contribution in [0, 0.1) is 0 Å². The minimum atomic E-state index is -0.233. The summed E-state index contributed by atoms with van der Waals surface area (Å²) < 4.78 is 1.26. The molecule has 5 heteroatoms. The molecule has 0 spiro atoms. The number of likely N-dealkylation sites (tertiary alicyclic amines) is 1. The quantitative estimate of drug-likeness (QED) is 0.943. The average Bonchev–Trinajstić information content (AvgIpc) is 2.90. The van der Waals surface area contributed by atoms with Gasteiger partial charge in [-0.05, 0) is 45.0 Å². The van der Waals surface area contributed by atoms with Crippen molar-refractivity contribution in [1.29, 1.82) is 0 Å². The lowest BCUT2D eigenvalue weighted by Crippen LogP contribution is -2.46. The number of carbonyl (C=O) groups excluding carboxylic acids is 1. The first-order valence-electron chi connectivity index (χ1n) is 7.04. The number of nitrogens with zero attached hydrogens (tertiary/aromatic N) is 2. The molecule has 1 unspecified atom stereocenters. The lowest BCUT2D eigenvalue weighted by Gasteiger charge is -2.33. The van der Waals surface area contributed by atoms with Crippen molar-refractivity contribution in [3.63, 3.8) is 0 Å². The van der Waals surface area contributed by atoms with Crippen molar-refractivity contribution >= 4 is 27.5 Å². The Balaban J connectivity index is 1.70. The van der Waals surface area contributed by atoms with Gasteiger partial charge in [0.1, 0.15) is 0 Å². The van der Waals surface area contributed by atoms with Gasteiger partial charge in [-0.1, -0.05) is 12.1 Å². The number of para-hydroxylation sites is 1. The molecule has 0 saturated carbocycles. The van der Waals surface area contributed by atoms with Crippen molar-refractivity contribution in [3.8, 4) is 0 Å². The molecule has 4 nitrogen and oxygen atoms in total. The van der Waals surface area contributed by atoms with Gasteiger partial charge in [0.05, 0.1) is 21.3 Å². The van der Waals surface area contributed by atoms with Gasteiger partial charge < -0.3 is 5.73 Å². The fourth-order valence-corrected chi connectivity index (χ4v) is 3.91. The number of carbonyl (C=O) groups is 1. The maximum Gasteiger partial charge on any atom is 0.234 e. The highest BCUT2D eigenvalue weighted by Crippen LogP contribution is 2.34. The Kier molecular flexibility index (Phi) is 3.72. The molecule has 0 bridgehead atoms. The normalized spacial score (nSPS) is 19.2. The first kappa shape index (κ1) is 13.5. The van der Waals surface area contributed by atoms with E-state index in [9.17, 15) is 4.79 Å². The van der Waals surface area contributed by atoms with Crippen LogP contribution in [-0.4, -0.2) is 34.9 Å². The Bertz CT molecular complexity index is 583. The second-order valence-electron chi connectivity index (χ2n) is 5.41. The first-order valence-corrected chi connectivity index (χ1v) is 7.85. The van der Waals surface area contributed by atoms with E-state index in [0.717, 1.165) is 31.4 Å². The van der Waals surface area contributed by atoms with Crippen molar-refractivity contribution in [2.45, 2.75) is 31.7 Å². The van der Waals surface area contributed by atoms with Gasteiger partial charge >= 0.3 is 0 Å². The van der Waals surface area contributed by atoms with E-state index in [1.807, 2.05) is 13.0 Å². The SMILES string of the molecule is CC(C(N)=O)N1CCC(c2nc3ccccc3s2)CC1. The van der Waals surface area contributed by atoms with Crippen LogP contribution < -0.4 is 5.73 Å². The zero-order valence-electron chi connectivity index (χ0n) is 11.6. The number of rotatable bonds is 3. The van der Waals surface area contributed by atoms with Crippen molar-refractivity contribution < 1.29 is 4.79 Å². The lowest BCUT2D eigenvalue weighted by atomic mass is 9.96. The van der Waals surface area contributed by atoms with E-state index in [1.165, 1.54) is 9.71 Å². The fraction of sp³-hybridized carbons (Fsp3) is 0.467. The van der Waals surface area contributed by atoms with E-state index in [0.29, 0.717) is 5.92 Å². The summed E-state index contributed by atoms with van der Waals surface area (Å²) in [5.74, 6) is 0.284. The number of piperidine rings is 1. The number of hydrogen-bond donors (Lipinski definition) is 1. The maximum absolute atomic E-state index is 11.2. The minimum absolute atomic E-state index is 0.161. The van der Waals surface area contributed by atoms with E-state index >= 15 is 0 Å². The first-order chi connectivity index (χ1) is 9.65. The zero-order valence-corrected chi connectivity index (χ0v) is 12.4. The molecule has 1 aliphatic heterocycles. The number of fused-ring (bicyclic) bond motifs is 1. The summed E-state index contributed by atoms with van der Waals surface area (Å²) in [4.78, 5) is 18.2. The molecular weight excluding hydrogens is 270 g/mol. The van der Waals surface area contributed by atoms with Gasteiger partial charge in [0.15, 0.2) is 0 Å². The third-order valence-electron chi connectivity index (χ3n) is 4.15. The Morgan fingerprint density at radius 1 is 1.40 bits per heavy atom. The highest BCUT2D eigenvalue weighted by molar-refractivity contribution is 7.18. The highest BCUT2D eigenvalue weighted by Gasteiger charge is 2.27. The molecule has 0 radical (unpaired) electrons. The van der Waals surface area contributed by atoms with Crippen LogP contribution in [0.3, 0.4) is 0 Å². The monoisotopic (exact) mass is 289 g/mol. The number of amides is 1. The Morgan fingerprint density at radius 3 is 2.75 bits per heavy atom. The molecule has 2 aromatic rings. The molecule has 1 aliphatic rings. The molecule has 3 rings (SSSR count). The summed E-state index contributed by atoms with van der Waals surface area (Å²) in [6.45, 7) is 3.73. The standard InChI is InChI=1S/C15H19N3OS/c1-10(14(16)19)18-8-6-11(7-9-18)15-17-12-4-2-3-5-13(12)20-15/h2-5,10-11H,6-9H2,1H3,(H2,16,19). The van der Waals surface area contributed by atoms with Crippen LogP contribution >= 0.6 is 11.3 Å². The molecule has 0 aliphatic carbocycles. The summed E-state index contributed by atoms with van der Waals surface area (Å²) in [7, 11) is 0. The molecule has 20 heavy (non-hydrogen) atoms. The van der Waals surface area contributed by atoms with Crippen molar-refractivity contribution in [3.05, 3.63) is 29.3 Å². The third-order valence-corrected chi connectivity index (χ3v) is 5.35. The maximum atomic E-state index is 11.2. The average molecular weight is 289 g/mol. The summed E-state index contributed by atoms with van der Waals surface area (Å²) in [5, 5.41) is 1.23. The Morgan fingerprint density at radius 2 is 2.10 bits per heavy atom. The molecule has 2 N–H and O–H groups in total. The number of hydrogen-bond acceptors (Lipinski definition) is 4. The van der Waals surface area contributed by atoms with Gasteiger partial charge in [-0.25, -0.2) is 4.98 Å². The second-order valence-corrected chi connectivity index (χ2v) is 6.47. The molecule has 1 amide bonds. The van der Waals surface area contributed by atoms with Gasteiger partial charge in [0, 0.05) is 5.92 Å². The molecule has 1 atom stereocenters. The van der Waals surface area contributed by atoms with E-state index in [2.05, 4.69) is 23.1 Å². The molecule has 1 aromatic carbocycles. The molecular formula is C15H19N3OS. The van der Waals surface area contributed by atoms with E-state index in [4.69, 9.17) is 10.7 Å². The minimum Gasteiger partial charge on any atom is -0.368 e. The van der Waals surface area contributed by atoms with Gasteiger partial charge in [-0.3, -0.25) is 9.69 Å². The largest absolute Gasteiger partial charge is 0.368 e. The summed E-state index contributed by atoms with van der Waals surface area (Å²) >= 11 is 1.80. The number of aromatic nitrogens is 1. The van der Waals surface area contributed by atoms with Crippen LogP contribution in [0.1, 0.15) is 30.7 Å². The number of primary amides is 1. The van der Waals surface area contributed by atoms with E-state index < -0.39 is 0 Å². The Hall–Kier alpha value is -1.46. The zero-order chi connectivity index (χ0) is 14.1. The third kappa shape index (κ3) is 2.55. The van der Waals surface area contributed by atoms with Crippen LogP contribution in [0.5, 0.6) is 0 Å². The van der Waals surface area contributed by atoms with Gasteiger partial charge in [0.2, 0.25) is 5.91 Å². The van der Waals surface area contributed by atoms with Crippen LogP contribution in [0.15, 0.2) is 24.3 Å². The molecule has 106 valence electrons. The van der Waals surface area contributed by atoms with Crippen molar-refractivity contribution in [1.82, 2.24) is 9.88 Å². The number of nitrogens with two attached hydrogens (primary N) is 1. The molecule has 1 saturated heterocycles. The van der Waals surface area contributed by atoms with E-state index in [1.54, 1.807) is 11.3 Å². The van der Waals surface area contributed by atoms with Crippen molar-refractivity contribution in [2.24, 2.45) is 5.73 Å². The second kappa shape index (κ2) is 5.50. The summed E-state index contributed by atoms with van der Waals surface area (Å²) in [6.07, 6.45) is 2.11.